The van der Waals surface area contributed by atoms with E-state index in [4.69, 9.17) is 5.73 Å². The Morgan fingerprint density at radius 1 is 1.28 bits per heavy atom. The molecule has 0 bridgehead atoms. The summed E-state index contributed by atoms with van der Waals surface area (Å²) < 4.78 is 53.0. The standard InChI is InChI=1S/C17H14F4N6O4S/c1-5-3-7(14(18)19)23-17-9(5)10(13(32-17)16(22)29)24-8(28)4-26-6(2)12(27(30)31)11(25-26)15(20)21/h3,14-15H,4H2,1-2H3,(H2,22,29)(H,24,28). The van der Waals surface area contributed by atoms with Gasteiger partial charge in [-0.3, -0.25) is 24.4 Å². The summed E-state index contributed by atoms with van der Waals surface area (Å²) in [6, 6.07) is 1.09. The maximum Gasteiger partial charge on any atom is 0.319 e. The minimum Gasteiger partial charge on any atom is -0.365 e. The number of thiophene rings is 1. The Kier molecular flexibility index (Phi) is 6.11. The van der Waals surface area contributed by atoms with Gasteiger partial charge in [-0.25, -0.2) is 22.5 Å². The molecule has 0 saturated carbocycles. The van der Waals surface area contributed by atoms with Crippen LogP contribution in [0.5, 0.6) is 0 Å². The summed E-state index contributed by atoms with van der Waals surface area (Å²) in [7, 11) is 0. The van der Waals surface area contributed by atoms with Crippen molar-refractivity contribution in [1.29, 1.82) is 0 Å². The number of rotatable bonds is 7. The number of nitrogens with one attached hydrogen (secondary N) is 1. The van der Waals surface area contributed by atoms with Gasteiger partial charge in [-0.05, 0) is 25.5 Å². The molecule has 0 aliphatic carbocycles. The molecule has 0 unspecified atom stereocenters. The molecule has 0 aromatic carbocycles. The lowest BCUT2D eigenvalue weighted by Gasteiger charge is -2.09. The number of amides is 2. The van der Waals surface area contributed by atoms with Gasteiger partial charge in [-0.1, -0.05) is 0 Å². The van der Waals surface area contributed by atoms with Gasteiger partial charge in [0.25, 0.3) is 18.8 Å². The number of anilines is 1. The van der Waals surface area contributed by atoms with Crippen molar-refractivity contribution in [3.8, 4) is 0 Å². The van der Waals surface area contributed by atoms with Crippen LogP contribution in [0.25, 0.3) is 10.2 Å². The van der Waals surface area contributed by atoms with Crippen LogP contribution in [-0.2, 0) is 11.3 Å². The van der Waals surface area contributed by atoms with Crippen molar-refractivity contribution >= 4 is 44.7 Å². The van der Waals surface area contributed by atoms with Crippen molar-refractivity contribution in [3.63, 3.8) is 0 Å². The lowest BCUT2D eigenvalue weighted by Crippen LogP contribution is -2.22. The van der Waals surface area contributed by atoms with Crippen molar-refractivity contribution in [3.05, 3.63) is 43.7 Å². The molecule has 170 valence electrons. The van der Waals surface area contributed by atoms with Gasteiger partial charge in [0, 0.05) is 5.39 Å². The minimum atomic E-state index is -3.24. The monoisotopic (exact) mass is 474 g/mol. The maximum atomic E-state index is 13.1. The number of carbonyl (C=O) groups excluding carboxylic acids is 2. The molecule has 0 radical (unpaired) electrons. The SMILES string of the molecule is Cc1cc(C(F)F)nc2sc(C(N)=O)c(NC(=O)Cn3nc(C(F)F)c([N+](=O)[O-])c3C)c12. The Labute approximate surface area is 180 Å². The summed E-state index contributed by atoms with van der Waals surface area (Å²) in [5.41, 5.74) is 2.75. The summed E-state index contributed by atoms with van der Waals surface area (Å²) in [6.07, 6.45) is -6.10. The zero-order valence-electron chi connectivity index (χ0n) is 16.4. The highest BCUT2D eigenvalue weighted by atomic mass is 32.1. The van der Waals surface area contributed by atoms with E-state index >= 15 is 0 Å². The van der Waals surface area contributed by atoms with Crippen LogP contribution in [0.2, 0.25) is 0 Å². The molecule has 0 atom stereocenters. The molecule has 0 aliphatic rings. The number of nitrogens with two attached hydrogens (primary N) is 1. The van der Waals surface area contributed by atoms with Crippen molar-refractivity contribution in [2.24, 2.45) is 5.73 Å². The zero-order valence-corrected chi connectivity index (χ0v) is 17.2. The second kappa shape index (κ2) is 8.49. The predicted molar refractivity (Wildman–Crippen MR) is 105 cm³/mol. The largest absolute Gasteiger partial charge is 0.365 e. The third-order valence-electron chi connectivity index (χ3n) is 4.47. The van der Waals surface area contributed by atoms with E-state index in [2.05, 4.69) is 15.4 Å². The number of pyridine rings is 1. The average Bonchev–Trinajstić information content (AvgIpc) is 3.20. The average molecular weight is 474 g/mol. The summed E-state index contributed by atoms with van der Waals surface area (Å²) in [4.78, 5) is 38.2. The molecule has 3 aromatic heterocycles. The first-order valence-corrected chi connectivity index (χ1v) is 9.55. The highest BCUT2D eigenvalue weighted by Crippen LogP contribution is 2.38. The van der Waals surface area contributed by atoms with Gasteiger partial charge in [0.2, 0.25) is 11.6 Å². The van der Waals surface area contributed by atoms with Gasteiger partial charge in [0.1, 0.15) is 27.6 Å². The number of nitro groups is 1. The van der Waals surface area contributed by atoms with Gasteiger partial charge in [0.15, 0.2) is 0 Å². The van der Waals surface area contributed by atoms with Crippen molar-refractivity contribution < 1.29 is 32.1 Å². The third kappa shape index (κ3) is 4.10. The van der Waals surface area contributed by atoms with Gasteiger partial charge >= 0.3 is 5.69 Å². The first-order chi connectivity index (χ1) is 14.9. The van der Waals surface area contributed by atoms with E-state index in [-0.39, 0.29) is 32.0 Å². The van der Waals surface area contributed by atoms with Crippen LogP contribution in [0.15, 0.2) is 6.07 Å². The van der Waals surface area contributed by atoms with Crippen molar-refractivity contribution in [2.45, 2.75) is 33.2 Å². The quantitative estimate of drug-likeness (QED) is 0.304. The molecule has 15 heteroatoms. The number of fused-ring (bicyclic) bond motifs is 1. The number of hydrogen-bond acceptors (Lipinski definition) is 7. The van der Waals surface area contributed by atoms with Crippen LogP contribution < -0.4 is 11.1 Å². The Balaban J connectivity index is 2.01. The number of alkyl halides is 4. The predicted octanol–water partition coefficient (Wildman–Crippen LogP) is 3.63. The molecule has 32 heavy (non-hydrogen) atoms. The molecule has 3 aromatic rings. The summed E-state index contributed by atoms with van der Waals surface area (Å²) >= 11 is 0.699. The van der Waals surface area contributed by atoms with Crippen LogP contribution in [0.1, 0.15) is 45.2 Å². The van der Waals surface area contributed by atoms with E-state index in [0.717, 1.165) is 17.7 Å². The first kappa shape index (κ1) is 23.1. The van der Waals surface area contributed by atoms with Gasteiger partial charge in [-0.2, -0.15) is 5.10 Å². The highest BCUT2D eigenvalue weighted by Gasteiger charge is 2.31. The Bertz CT molecular complexity index is 1260. The van der Waals surface area contributed by atoms with Crippen molar-refractivity contribution in [2.75, 3.05) is 5.32 Å². The van der Waals surface area contributed by atoms with Crippen LogP contribution >= 0.6 is 11.3 Å². The number of aromatic nitrogens is 3. The van der Waals surface area contributed by atoms with E-state index in [1.54, 1.807) is 0 Å². The molecule has 3 rings (SSSR count). The normalized spacial score (nSPS) is 11.5. The van der Waals surface area contributed by atoms with Crippen LogP contribution in [0.3, 0.4) is 0 Å². The molecule has 3 N–H and O–H groups in total. The molecule has 0 fully saturated rings. The molecule has 0 spiro atoms. The fourth-order valence-electron chi connectivity index (χ4n) is 3.11. The van der Waals surface area contributed by atoms with Gasteiger partial charge < -0.3 is 11.1 Å². The fraction of sp³-hybridized carbons (Fsp3) is 0.294. The van der Waals surface area contributed by atoms with E-state index in [0.29, 0.717) is 11.3 Å². The number of hydrogen-bond donors (Lipinski definition) is 2. The lowest BCUT2D eigenvalue weighted by atomic mass is 10.1. The number of halogens is 4. The fourth-order valence-corrected chi connectivity index (χ4v) is 4.18. The van der Waals surface area contributed by atoms with E-state index in [1.165, 1.54) is 6.92 Å². The molecule has 2 amide bonds. The minimum absolute atomic E-state index is 0.0373. The molecule has 3 heterocycles. The molecule has 10 nitrogen and oxygen atoms in total. The summed E-state index contributed by atoms with van der Waals surface area (Å²) in [5.74, 6) is -1.82. The van der Waals surface area contributed by atoms with Gasteiger partial charge in [-0.15, -0.1) is 11.3 Å². The summed E-state index contributed by atoms with van der Waals surface area (Å²) in [6.45, 7) is 1.93. The highest BCUT2D eigenvalue weighted by molar-refractivity contribution is 7.21. The van der Waals surface area contributed by atoms with E-state index in [1.807, 2.05) is 0 Å². The molecule has 0 aliphatic heterocycles. The van der Waals surface area contributed by atoms with E-state index in [9.17, 15) is 37.3 Å². The number of primary amides is 1. The van der Waals surface area contributed by atoms with Crippen molar-refractivity contribution in [1.82, 2.24) is 14.8 Å². The topological polar surface area (TPSA) is 146 Å². The Morgan fingerprint density at radius 2 is 1.94 bits per heavy atom. The number of nitrogens with zero attached hydrogens (tertiary/aromatic N) is 4. The lowest BCUT2D eigenvalue weighted by molar-refractivity contribution is -0.386. The third-order valence-corrected chi connectivity index (χ3v) is 5.57. The second-order valence-corrected chi connectivity index (χ2v) is 7.60. The van der Waals surface area contributed by atoms with Gasteiger partial charge in [0.05, 0.1) is 10.6 Å². The Morgan fingerprint density at radius 3 is 2.44 bits per heavy atom. The van der Waals surface area contributed by atoms with Crippen LogP contribution in [0.4, 0.5) is 28.9 Å². The smallest absolute Gasteiger partial charge is 0.319 e. The van der Waals surface area contributed by atoms with Crippen LogP contribution in [0, 0.1) is 24.0 Å². The number of aryl methyl sites for hydroxylation is 1. The second-order valence-electron chi connectivity index (χ2n) is 6.60. The van der Waals surface area contributed by atoms with Crippen LogP contribution in [-0.4, -0.2) is 31.5 Å². The number of carbonyl (C=O) groups is 2. The molecular weight excluding hydrogens is 460 g/mol. The molecular formula is C17H14F4N6O4S. The maximum absolute atomic E-state index is 13.1. The first-order valence-electron chi connectivity index (χ1n) is 8.74. The Hall–Kier alpha value is -3.62. The van der Waals surface area contributed by atoms with E-state index < -0.39 is 53.2 Å². The summed E-state index contributed by atoms with van der Waals surface area (Å²) in [5, 5.41) is 17.1. The zero-order chi connectivity index (χ0) is 23.9. The molecule has 0 saturated heterocycles.